The second-order valence-corrected chi connectivity index (χ2v) is 6.87. The fourth-order valence-electron chi connectivity index (χ4n) is 2.78. The number of nitrogens with one attached hydrogen (secondary N) is 1. The summed E-state index contributed by atoms with van der Waals surface area (Å²) >= 11 is 3.20. The van der Waals surface area contributed by atoms with Gasteiger partial charge in [0, 0.05) is 11.0 Å². The average Bonchev–Trinajstić information content (AvgIpc) is 2.49. The van der Waals surface area contributed by atoms with Crippen molar-refractivity contribution in [2.24, 2.45) is 5.92 Å². The lowest BCUT2D eigenvalue weighted by atomic mass is 9.89. The Balaban J connectivity index is 1.74. The highest BCUT2D eigenvalue weighted by molar-refractivity contribution is 9.10. The summed E-state index contributed by atoms with van der Waals surface area (Å²) in [7, 11) is 0. The summed E-state index contributed by atoms with van der Waals surface area (Å²) < 4.78 is 19.1. The molecule has 6 heteroatoms. The fraction of sp³-hybridized carbons (Fsp3) is 0.529. The first-order valence-electron chi connectivity index (χ1n) is 7.88. The largest absolute Gasteiger partial charge is 0.462 e. The number of halogens is 2. The molecule has 1 aromatic carbocycles. The Morgan fingerprint density at radius 3 is 2.91 bits per heavy atom. The van der Waals surface area contributed by atoms with Crippen molar-refractivity contribution in [3.8, 4) is 0 Å². The van der Waals surface area contributed by atoms with Gasteiger partial charge in [0.05, 0.1) is 12.0 Å². The van der Waals surface area contributed by atoms with Crippen molar-refractivity contribution in [3.05, 3.63) is 34.1 Å². The van der Waals surface area contributed by atoms with Crippen LogP contribution < -0.4 is 5.32 Å². The van der Waals surface area contributed by atoms with E-state index >= 15 is 0 Å². The van der Waals surface area contributed by atoms with Crippen LogP contribution in [-0.4, -0.2) is 24.5 Å². The van der Waals surface area contributed by atoms with Gasteiger partial charge in [-0.15, -0.1) is 0 Å². The lowest BCUT2D eigenvalue weighted by Gasteiger charge is -2.26. The second-order valence-electron chi connectivity index (χ2n) is 6.01. The summed E-state index contributed by atoms with van der Waals surface area (Å²) in [4.78, 5) is 23.8. The average molecular weight is 386 g/mol. The summed E-state index contributed by atoms with van der Waals surface area (Å²) in [6.45, 7) is 2.33. The first-order chi connectivity index (χ1) is 11.0. The van der Waals surface area contributed by atoms with Crippen molar-refractivity contribution >= 4 is 27.8 Å². The molecule has 0 saturated heterocycles. The Hall–Kier alpha value is -1.43. The van der Waals surface area contributed by atoms with Gasteiger partial charge in [-0.3, -0.25) is 9.59 Å². The summed E-state index contributed by atoms with van der Waals surface area (Å²) in [5, 5.41) is 2.61. The molecule has 23 heavy (non-hydrogen) atoms. The molecule has 0 heterocycles. The highest BCUT2D eigenvalue weighted by atomic mass is 79.9. The van der Waals surface area contributed by atoms with Crippen LogP contribution >= 0.6 is 15.9 Å². The zero-order valence-electron chi connectivity index (χ0n) is 13.1. The van der Waals surface area contributed by atoms with E-state index in [1.54, 1.807) is 0 Å². The van der Waals surface area contributed by atoms with Gasteiger partial charge in [-0.2, -0.15) is 0 Å². The molecule has 0 radical (unpaired) electrons. The van der Waals surface area contributed by atoms with E-state index in [0.717, 1.165) is 25.3 Å². The van der Waals surface area contributed by atoms with Crippen LogP contribution in [0.1, 0.15) is 49.4 Å². The van der Waals surface area contributed by atoms with Gasteiger partial charge in [0.15, 0.2) is 0 Å². The lowest BCUT2D eigenvalue weighted by molar-refractivity contribution is -0.151. The Labute approximate surface area is 143 Å². The highest BCUT2D eigenvalue weighted by Crippen LogP contribution is 2.25. The first kappa shape index (κ1) is 17.9. The van der Waals surface area contributed by atoms with Crippen LogP contribution in [0.25, 0.3) is 0 Å². The van der Waals surface area contributed by atoms with Crippen LogP contribution in [0.15, 0.2) is 22.7 Å². The number of rotatable bonds is 5. The van der Waals surface area contributed by atoms with Gasteiger partial charge >= 0.3 is 5.97 Å². The minimum atomic E-state index is -0.482. The first-order valence-corrected chi connectivity index (χ1v) is 8.67. The third-order valence-electron chi connectivity index (χ3n) is 3.97. The molecule has 2 atom stereocenters. The number of benzene rings is 1. The molecule has 0 aliphatic heterocycles. The zero-order chi connectivity index (χ0) is 16.8. The van der Waals surface area contributed by atoms with Gasteiger partial charge < -0.3 is 10.1 Å². The number of hydrogen-bond acceptors (Lipinski definition) is 3. The van der Waals surface area contributed by atoms with Gasteiger partial charge in [0.25, 0.3) is 5.91 Å². The third-order valence-corrected chi connectivity index (χ3v) is 4.67. The van der Waals surface area contributed by atoms with Gasteiger partial charge in [-0.25, -0.2) is 4.39 Å². The van der Waals surface area contributed by atoms with E-state index in [4.69, 9.17) is 4.74 Å². The summed E-state index contributed by atoms with van der Waals surface area (Å²) in [5.41, 5.74) is 0.208. The van der Waals surface area contributed by atoms with Crippen LogP contribution in [0.5, 0.6) is 0 Å². The molecule has 1 saturated carbocycles. The van der Waals surface area contributed by atoms with Crippen LogP contribution in [0.2, 0.25) is 0 Å². The maximum Gasteiger partial charge on any atom is 0.307 e. The quantitative estimate of drug-likeness (QED) is 0.783. The predicted octanol–water partition coefficient (Wildman–Crippen LogP) is 3.83. The van der Waals surface area contributed by atoms with Crippen molar-refractivity contribution in [3.63, 3.8) is 0 Å². The summed E-state index contributed by atoms with van der Waals surface area (Å²) in [6.07, 6.45) is 4.21. The number of carbonyl (C=O) groups is 2. The molecule has 1 aromatic rings. The van der Waals surface area contributed by atoms with E-state index in [1.165, 1.54) is 18.6 Å². The minimum absolute atomic E-state index is 0.000634. The molecule has 0 aromatic heterocycles. The molecule has 0 spiro atoms. The van der Waals surface area contributed by atoms with Crippen LogP contribution in [0.3, 0.4) is 0 Å². The number of hydrogen-bond donors (Lipinski definition) is 1. The second kappa shape index (κ2) is 8.43. The maximum absolute atomic E-state index is 13.2. The van der Waals surface area contributed by atoms with Gasteiger partial charge in [-0.05, 0) is 59.3 Å². The van der Waals surface area contributed by atoms with Crippen molar-refractivity contribution in [1.29, 1.82) is 0 Å². The van der Waals surface area contributed by atoms with E-state index in [-0.39, 0.29) is 30.6 Å². The SMILES string of the molecule is CC1CCCC(OC(=O)CCNC(=O)c2cc(F)ccc2Br)C1. The topological polar surface area (TPSA) is 55.4 Å². The summed E-state index contributed by atoms with van der Waals surface area (Å²) in [5.74, 6) is -0.617. The van der Waals surface area contributed by atoms with E-state index < -0.39 is 11.7 Å². The highest BCUT2D eigenvalue weighted by Gasteiger charge is 2.22. The Kier molecular flexibility index (Phi) is 6.57. The molecule has 2 rings (SSSR count). The zero-order valence-corrected chi connectivity index (χ0v) is 14.7. The standard InChI is InChI=1S/C17H21BrFNO3/c1-11-3-2-4-13(9-11)23-16(21)7-8-20-17(22)14-10-12(19)5-6-15(14)18/h5-6,10-11,13H,2-4,7-9H2,1H3,(H,20,22). The molecule has 0 bridgehead atoms. The monoisotopic (exact) mass is 385 g/mol. The molecular weight excluding hydrogens is 365 g/mol. The molecule has 4 nitrogen and oxygen atoms in total. The van der Waals surface area contributed by atoms with Crippen LogP contribution in [0, 0.1) is 11.7 Å². The van der Waals surface area contributed by atoms with Crippen molar-refractivity contribution in [2.45, 2.75) is 45.1 Å². The van der Waals surface area contributed by atoms with E-state index in [0.29, 0.717) is 10.4 Å². The fourth-order valence-corrected chi connectivity index (χ4v) is 3.20. The van der Waals surface area contributed by atoms with E-state index in [9.17, 15) is 14.0 Å². The predicted molar refractivity (Wildman–Crippen MR) is 88.6 cm³/mol. The Bertz CT molecular complexity index is 579. The number of carbonyl (C=O) groups excluding carboxylic acids is 2. The maximum atomic E-state index is 13.2. The summed E-state index contributed by atoms with van der Waals surface area (Å²) in [6, 6.07) is 3.90. The molecule has 1 N–H and O–H groups in total. The van der Waals surface area contributed by atoms with Crippen molar-refractivity contribution in [1.82, 2.24) is 5.32 Å². The number of esters is 1. The smallest absolute Gasteiger partial charge is 0.307 e. The number of amides is 1. The van der Waals surface area contributed by atoms with Gasteiger partial charge in [0.2, 0.25) is 0 Å². The molecule has 2 unspecified atom stereocenters. The van der Waals surface area contributed by atoms with Crippen LogP contribution in [0.4, 0.5) is 4.39 Å². The van der Waals surface area contributed by atoms with Crippen LogP contribution in [-0.2, 0) is 9.53 Å². The third kappa shape index (κ3) is 5.61. The van der Waals surface area contributed by atoms with Gasteiger partial charge in [0.1, 0.15) is 11.9 Å². The molecule has 1 amide bonds. The lowest BCUT2D eigenvalue weighted by Crippen LogP contribution is -2.29. The minimum Gasteiger partial charge on any atom is -0.462 e. The number of ether oxygens (including phenoxy) is 1. The van der Waals surface area contributed by atoms with E-state index in [2.05, 4.69) is 28.2 Å². The van der Waals surface area contributed by atoms with Crippen molar-refractivity contribution in [2.75, 3.05) is 6.54 Å². The molecule has 1 aliphatic rings. The van der Waals surface area contributed by atoms with Gasteiger partial charge in [-0.1, -0.05) is 13.3 Å². The molecule has 1 aliphatic carbocycles. The molecule has 1 fully saturated rings. The Morgan fingerprint density at radius 2 is 2.17 bits per heavy atom. The molecular formula is C17H21BrFNO3. The Morgan fingerprint density at radius 1 is 1.39 bits per heavy atom. The van der Waals surface area contributed by atoms with E-state index in [1.807, 2.05) is 0 Å². The van der Waals surface area contributed by atoms with Crippen molar-refractivity contribution < 1.29 is 18.7 Å². The normalized spacial score (nSPS) is 20.8. The molecule has 126 valence electrons.